The quantitative estimate of drug-likeness (QED) is 0.861. The van der Waals surface area contributed by atoms with E-state index < -0.39 is 5.97 Å². The number of anilines is 1. The van der Waals surface area contributed by atoms with Crippen molar-refractivity contribution in [1.29, 1.82) is 0 Å². The zero-order valence-corrected chi connectivity index (χ0v) is 10.7. The van der Waals surface area contributed by atoms with Crippen molar-refractivity contribution in [2.24, 2.45) is 0 Å². The average Bonchev–Trinajstić information content (AvgIpc) is 2.78. The minimum Gasteiger partial charge on any atom is -0.465 e. The molecule has 0 saturated heterocycles. The lowest BCUT2D eigenvalue weighted by Gasteiger charge is -2.03. The van der Waals surface area contributed by atoms with E-state index in [9.17, 15) is 9.18 Å². The highest BCUT2D eigenvalue weighted by Gasteiger charge is 2.14. The van der Waals surface area contributed by atoms with Gasteiger partial charge in [0, 0.05) is 5.69 Å². The molecule has 0 spiro atoms. The Balaban J connectivity index is 2.04. The van der Waals surface area contributed by atoms with Gasteiger partial charge in [-0.3, -0.25) is 0 Å². The Morgan fingerprint density at radius 1 is 1.37 bits per heavy atom. The molecule has 5 heteroatoms. The molecular formula is C14H14FNO3. The molecule has 0 unspecified atom stereocenters. The van der Waals surface area contributed by atoms with Crippen molar-refractivity contribution in [2.45, 2.75) is 13.5 Å². The number of furan rings is 1. The van der Waals surface area contributed by atoms with E-state index in [4.69, 9.17) is 4.42 Å². The highest BCUT2D eigenvalue weighted by molar-refractivity contribution is 5.90. The van der Waals surface area contributed by atoms with Crippen molar-refractivity contribution < 1.29 is 18.3 Å². The fourth-order valence-corrected chi connectivity index (χ4v) is 1.70. The van der Waals surface area contributed by atoms with Crippen LogP contribution in [0.5, 0.6) is 0 Å². The SMILES string of the molecule is COC(=O)c1cc(CNc2ccc(F)cc2)oc1C. The Bertz CT molecular complexity index is 575. The third-order valence-corrected chi connectivity index (χ3v) is 2.69. The van der Waals surface area contributed by atoms with Gasteiger partial charge in [0.15, 0.2) is 0 Å². The summed E-state index contributed by atoms with van der Waals surface area (Å²) in [6, 6.07) is 7.64. The van der Waals surface area contributed by atoms with Crippen LogP contribution in [0.1, 0.15) is 21.9 Å². The summed E-state index contributed by atoms with van der Waals surface area (Å²) in [4.78, 5) is 11.4. The number of carbonyl (C=O) groups is 1. The fourth-order valence-electron chi connectivity index (χ4n) is 1.70. The first kappa shape index (κ1) is 13.1. The highest BCUT2D eigenvalue weighted by Crippen LogP contribution is 2.17. The molecule has 19 heavy (non-hydrogen) atoms. The number of aryl methyl sites for hydroxylation is 1. The minimum absolute atomic E-state index is 0.285. The highest BCUT2D eigenvalue weighted by atomic mass is 19.1. The Morgan fingerprint density at radius 3 is 2.68 bits per heavy atom. The third kappa shape index (κ3) is 3.13. The zero-order valence-electron chi connectivity index (χ0n) is 10.7. The van der Waals surface area contributed by atoms with Gasteiger partial charge in [-0.2, -0.15) is 0 Å². The Hall–Kier alpha value is -2.30. The van der Waals surface area contributed by atoms with Crippen LogP contribution in [0.4, 0.5) is 10.1 Å². The standard InChI is InChI=1S/C14H14FNO3/c1-9-13(14(17)18-2)7-12(19-9)8-16-11-5-3-10(15)4-6-11/h3-7,16H,8H2,1-2H3. The normalized spacial score (nSPS) is 10.3. The van der Waals surface area contributed by atoms with E-state index in [0.29, 0.717) is 23.6 Å². The molecule has 0 radical (unpaired) electrons. The summed E-state index contributed by atoms with van der Waals surface area (Å²) in [5.74, 6) is 0.423. The van der Waals surface area contributed by atoms with Crippen molar-refractivity contribution in [2.75, 3.05) is 12.4 Å². The molecule has 1 aromatic heterocycles. The van der Waals surface area contributed by atoms with Gasteiger partial charge >= 0.3 is 5.97 Å². The van der Waals surface area contributed by atoms with Crippen LogP contribution in [0.3, 0.4) is 0 Å². The average molecular weight is 263 g/mol. The smallest absolute Gasteiger partial charge is 0.341 e. The monoisotopic (exact) mass is 263 g/mol. The largest absolute Gasteiger partial charge is 0.465 e. The summed E-state index contributed by atoms with van der Waals surface area (Å²) in [5, 5.41) is 3.07. The van der Waals surface area contributed by atoms with Crippen LogP contribution in [-0.2, 0) is 11.3 Å². The van der Waals surface area contributed by atoms with E-state index in [1.54, 1.807) is 25.1 Å². The second-order valence-electron chi connectivity index (χ2n) is 4.03. The minimum atomic E-state index is -0.422. The van der Waals surface area contributed by atoms with Gasteiger partial charge < -0.3 is 14.5 Å². The number of hydrogen-bond donors (Lipinski definition) is 1. The molecule has 0 amide bonds. The van der Waals surface area contributed by atoms with E-state index in [2.05, 4.69) is 10.1 Å². The number of methoxy groups -OCH3 is 1. The number of ether oxygens (including phenoxy) is 1. The summed E-state index contributed by atoms with van der Waals surface area (Å²) < 4.78 is 22.8. The molecular weight excluding hydrogens is 249 g/mol. The fraction of sp³-hybridized carbons (Fsp3) is 0.214. The van der Waals surface area contributed by atoms with Gasteiger partial charge in [0.05, 0.1) is 13.7 Å². The molecule has 0 saturated carbocycles. The number of benzene rings is 1. The summed E-state index contributed by atoms with van der Waals surface area (Å²) in [5.41, 5.74) is 1.19. The number of carbonyl (C=O) groups excluding carboxylic acids is 1. The lowest BCUT2D eigenvalue weighted by molar-refractivity contribution is 0.0599. The van der Waals surface area contributed by atoms with Crippen LogP contribution in [0.2, 0.25) is 0 Å². The third-order valence-electron chi connectivity index (χ3n) is 2.69. The molecule has 2 rings (SSSR count). The zero-order chi connectivity index (χ0) is 13.8. The van der Waals surface area contributed by atoms with Gasteiger partial charge in [-0.05, 0) is 37.3 Å². The second kappa shape index (κ2) is 5.56. The first-order chi connectivity index (χ1) is 9.10. The molecule has 2 aromatic rings. The van der Waals surface area contributed by atoms with Crippen LogP contribution in [-0.4, -0.2) is 13.1 Å². The van der Waals surface area contributed by atoms with Gasteiger partial charge in [-0.1, -0.05) is 0 Å². The topological polar surface area (TPSA) is 51.5 Å². The molecule has 4 nitrogen and oxygen atoms in total. The van der Waals surface area contributed by atoms with Gasteiger partial charge in [0.1, 0.15) is 22.9 Å². The van der Waals surface area contributed by atoms with Gasteiger partial charge in [-0.15, -0.1) is 0 Å². The Morgan fingerprint density at radius 2 is 2.05 bits per heavy atom. The summed E-state index contributed by atoms with van der Waals surface area (Å²) in [7, 11) is 1.32. The first-order valence-corrected chi connectivity index (χ1v) is 5.77. The van der Waals surface area contributed by atoms with Crippen LogP contribution in [0, 0.1) is 12.7 Å². The Kier molecular flexibility index (Phi) is 3.85. The van der Waals surface area contributed by atoms with Crippen LogP contribution in [0.15, 0.2) is 34.7 Å². The molecule has 100 valence electrons. The number of rotatable bonds is 4. The number of halogens is 1. The van der Waals surface area contributed by atoms with Crippen molar-refractivity contribution >= 4 is 11.7 Å². The molecule has 1 heterocycles. The van der Waals surface area contributed by atoms with Crippen molar-refractivity contribution in [3.05, 3.63) is 53.2 Å². The van der Waals surface area contributed by atoms with Crippen LogP contribution < -0.4 is 5.32 Å². The molecule has 1 aromatic carbocycles. The molecule has 1 N–H and O–H groups in total. The van der Waals surface area contributed by atoms with Crippen molar-refractivity contribution in [1.82, 2.24) is 0 Å². The van der Waals surface area contributed by atoms with Gasteiger partial charge in [0.25, 0.3) is 0 Å². The predicted molar refractivity (Wildman–Crippen MR) is 68.5 cm³/mol. The molecule has 0 atom stereocenters. The van der Waals surface area contributed by atoms with Crippen LogP contribution >= 0.6 is 0 Å². The predicted octanol–water partition coefficient (Wildman–Crippen LogP) is 3.13. The number of nitrogens with one attached hydrogen (secondary N) is 1. The van der Waals surface area contributed by atoms with E-state index in [-0.39, 0.29) is 5.82 Å². The van der Waals surface area contributed by atoms with Gasteiger partial charge in [0.2, 0.25) is 0 Å². The first-order valence-electron chi connectivity index (χ1n) is 5.77. The van der Waals surface area contributed by atoms with E-state index in [1.807, 2.05) is 0 Å². The van der Waals surface area contributed by atoms with Gasteiger partial charge in [-0.25, -0.2) is 9.18 Å². The molecule has 0 fully saturated rings. The maximum Gasteiger partial charge on any atom is 0.341 e. The molecule has 0 aliphatic rings. The summed E-state index contributed by atoms with van der Waals surface area (Å²) in [6.07, 6.45) is 0. The van der Waals surface area contributed by atoms with E-state index >= 15 is 0 Å². The van der Waals surface area contributed by atoms with E-state index in [1.165, 1.54) is 19.2 Å². The number of hydrogen-bond acceptors (Lipinski definition) is 4. The number of esters is 1. The van der Waals surface area contributed by atoms with Crippen molar-refractivity contribution in [3.8, 4) is 0 Å². The molecule has 0 aliphatic carbocycles. The second-order valence-corrected chi connectivity index (χ2v) is 4.03. The van der Waals surface area contributed by atoms with Crippen LogP contribution in [0.25, 0.3) is 0 Å². The maximum absolute atomic E-state index is 12.7. The summed E-state index contributed by atoms with van der Waals surface area (Å²) in [6.45, 7) is 2.11. The molecule has 0 aliphatic heterocycles. The molecule has 0 bridgehead atoms. The van der Waals surface area contributed by atoms with Crippen molar-refractivity contribution in [3.63, 3.8) is 0 Å². The Labute approximate surface area is 110 Å². The maximum atomic E-state index is 12.7. The van der Waals surface area contributed by atoms with E-state index in [0.717, 1.165) is 5.69 Å². The summed E-state index contributed by atoms with van der Waals surface area (Å²) >= 11 is 0. The lowest BCUT2D eigenvalue weighted by Crippen LogP contribution is -2.01. The lowest BCUT2D eigenvalue weighted by atomic mass is 10.2.